The quantitative estimate of drug-likeness (QED) is 0.244. The highest BCUT2D eigenvalue weighted by Crippen LogP contribution is 2.25. The van der Waals surface area contributed by atoms with Crippen molar-refractivity contribution in [2.75, 3.05) is 7.11 Å². The molecule has 0 saturated carbocycles. The molecule has 182 valence electrons. The minimum Gasteiger partial charge on any atom is -0.469 e. The average Bonchev–Trinajstić information content (AvgIpc) is 2.89. The van der Waals surface area contributed by atoms with Crippen LogP contribution in [0.3, 0.4) is 0 Å². The van der Waals surface area contributed by atoms with Gasteiger partial charge in [-0.25, -0.2) is 14.4 Å². The Morgan fingerprint density at radius 2 is 1.19 bits per heavy atom. The highest BCUT2D eigenvalue weighted by molar-refractivity contribution is 5.94. The first-order valence-electron chi connectivity index (χ1n) is 10.6. The molecule has 0 atom stereocenters. The van der Waals surface area contributed by atoms with Gasteiger partial charge in [-0.2, -0.15) is 0 Å². The SMILES string of the molecule is C=CC(=O)Oc1ccc(C(=O)Oc2ccc(-c3ccc(OC(=O)C(=C)CC(=O)OC)cc3)cc2)cc1. The Morgan fingerprint density at radius 3 is 1.69 bits per heavy atom. The molecule has 0 aromatic heterocycles. The molecule has 0 amide bonds. The van der Waals surface area contributed by atoms with Gasteiger partial charge >= 0.3 is 23.9 Å². The van der Waals surface area contributed by atoms with Gasteiger partial charge in [-0.15, -0.1) is 0 Å². The summed E-state index contributed by atoms with van der Waals surface area (Å²) in [5.74, 6) is -1.52. The maximum absolute atomic E-state index is 12.4. The summed E-state index contributed by atoms with van der Waals surface area (Å²) in [5.41, 5.74) is 1.96. The molecule has 8 heteroatoms. The minimum atomic E-state index is -0.716. The molecule has 0 radical (unpaired) electrons. The largest absolute Gasteiger partial charge is 0.469 e. The van der Waals surface area contributed by atoms with Crippen LogP contribution in [0.1, 0.15) is 16.8 Å². The van der Waals surface area contributed by atoms with Crippen LogP contribution >= 0.6 is 0 Å². The van der Waals surface area contributed by atoms with E-state index in [1.54, 1.807) is 48.5 Å². The van der Waals surface area contributed by atoms with Crippen molar-refractivity contribution in [3.05, 3.63) is 103 Å². The molecule has 0 saturated heterocycles. The molecular formula is C28H22O8. The van der Waals surface area contributed by atoms with Crippen LogP contribution in [-0.4, -0.2) is 31.0 Å². The van der Waals surface area contributed by atoms with Crippen LogP contribution in [0.5, 0.6) is 17.2 Å². The number of ether oxygens (including phenoxy) is 4. The first-order valence-corrected chi connectivity index (χ1v) is 10.6. The van der Waals surface area contributed by atoms with Crippen molar-refractivity contribution in [3.63, 3.8) is 0 Å². The van der Waals surface area contributed by atoms with Crippen LogP contribution in [0.4, 0.5) is 0 Å². The molecule has 8 nitrogen and oxygen atoms in total. The fraction of sp³-hybridized carbons (Fsp3) is 0.0714. The molecule has 0 fully saturated rings. The Bertz CT molecular complexity index is 1290. The van der Waals surface area contributed by atoms with Gasteiger partial charge in [-0.05, 0) is 59.7 Å². The van der Waals surface area contributed by atoms with E-state index in [4.69, 9.17) is 14.2 Å². The van der Waals surface area contributed by atoms with Gasteiger partial charge in [0.25, 0.3) is 0 Å². The van der Waals surface area contributed by atoms with Crippen LogP contribution < -0.4 is 14.2 Å². The highest BCUT2D eigenvalue weighted by atomic mass is 16.5. The Labute approximate surface area is 207 Å². The number of rotatable bonds is 9. The van der Waals surface area contributed by atoms with Crippen molar-refractivity contribution in [2.45, 2.75) is 6.42 Å². The lowest BCUT2D eigenvalue weighted by Gasteiger charge is -2.08. The zero-order valence-corrected chi connectivity index (χ0v) is 19.4. The van der Waals surface area contributed by atoms with Crippen molar-refractivity contribution in [3.8, 4) is 28.4 Å². The number of esters is 4. The Hall–Kier alpha value is -4.98. The van der Waals surface area contributed by atoms with E-state index < -0.39 is 23.9 Å². The molecule has 3 aromatic rings. The van der Waals surface area contributed by atoms with E-state index in [1.165, 1.54) is 31.4 Å². The predicted molar refractivity (Wildman–Crippen MR) is 131 cm³/mol. The van der Waals surface area contributed by atoms with Crippen molar-refractivity contribution < 1.29 is 38.1 Å². The van der Waals surface area contributed by atoms with E-state index in [2.05, 4.69) is 17.9 Å². The van der Waals surface area contributed by atoms with Crippen molar-refractivity contribution in [1.29, 1.82) is 0 Å². The molecule has 0 spiro atoms. The summed E-state index contributed by atoms with van der Waals surface area (Å²) in [6.07, 6.45) is 0.795. The fourth-order valence-electron chi connectivity index (χ4n) is 2.91. The van der Waals surface area contributed by atoms with Gasteiger partial charge in [0, 0.05) is 11.6 Å². The van der Waals surface area contributed by atoms with E-state index in [0.29, 0.717) is 11.5 Å². The monoisotopic (exact) mass is 486 g/mol. The van der Waals surface area contributed by atoms with Crippen LogP contribution in [0.15, 0.2) is 97.6 Å². The number of methoxy groups -OCH3 is 1. The van der Waals surface area contributed by atoms with E-state index in [-0.39, 0.29) is 23.3 Å². The van der Waals surface area contributed by atoms with E-state index in [0.717, 1.165) is 17.2 Å². The molecular weight excluding hydrogens is 464 g/mol. The second-order valence-electron chi connectivity index (χ2n) is 7.33. The first kappa shape index (κ1) is 25.6. The molecule has 3 aromatic carbocycles. The molecule has 0 N–H and O–H groups in total. The first-order chi connectivity index (χ1) is 17.3. The average molecular weight is 486 g/mol. The molecule has 36 heavy (non-hydrogen) atoms. The topological polar surface area (TPSA) is 105 Å². The Kier molecular flexibility index (Phi) is 8.50. The van der Waals surface area contributed by atoms with Gasteiger partial charge in [-0.1, -0.05) is 37.4 Å². The number of benzene rings is 3. The summed E-state index contributed by atoms with van der Waals surface area (Å²) >= 11 is 0. The molecule has 0 aliphatic carbocycles. The van der Waals surface area contributed by atoms with Gasteiger partial charge in [0.1, 0.15) is 17.2 Å². The van der Waals surface area contributed by atoms with E-state index in [1.807, 2.05) is 0 Å². The number of carbonyl (C=O) groups excluding carboxylic acids is 4. The maximum Gasteiger partial charge on any atom is 0.343 e. The molecule has 3 rings (SSSR count). The Balaban J connectivity index is 1.58. The number of hydrogen-bond donors (Lipinski definition) is 0. The lowest BCUT2D eigenvalue weighted by atomic mass is 10.1. The van der Waals surface area contributed by atoms with Crippen LogP contribution in [-0.2, 0) is 19.1 Å². The molecule has 0 unspecified atom stereocenters. The summed E-state index contributed by atoms with van der Waals surface area (Å²) in [4.78, 5) is 46.9. The number of carbonyl (C=O) groups is 4. The standard InChI is InChI=1S/C28H22O8/c1-4-25(29)34-22-15-9-21(10-16-22)28(32)36-24-13-7-20(8-14-24)19-5-11-23(12-6-19)35-27(31)18(2)17-26(30)33-3/h4-16H,1-2,17H2,3H3. The number of hydrogen-bond acceptors (Lipinski definition) is 8. The smallest absolute Gasteiger partial charge is 0.343 e. The third kappa shape index (κ3) is 7.01. The lowest BCUT2D eigenvalue weighted by Crippen LogP contribution is -2.14. The van der Waals surface area contributed by atoms with Gasteiger partial charge < -0.3 is 18.9 Å². The predicted octanol–water partition coefficient (Wildman–Crippen LogP) is 4.69. The van der Waals surface area contributed by atoms with Gasteiger partial charge in [0.2, 0.25) is 0 Å². The van der Waals surface area contributed by atoms with Crippen LogP contribution in [0, 0.1) is 0 Å². The molecule has 0 bridgehead atoms. The maximum atomic E-state index is 12.4. The Morgan fingerprint density at radius 1 is 0.722 bits per heavy atom. The third-order valence-corrected chi connectivity index (χ3v) is 4.81. The van der Waals surface area contributed by atoms with Gasteiger partial charge in [-0.3, -0.25) is 4.79 Å². The van der Waals surface area contributed by atoms with Crippen LogP contribution in [0.25, 0.3) is 11.1 Å². The highest BCUT2D eigenvalue weighted by Gasteiger charge is 2.15. The minimum absolute atomic E-state index is 0.0110. The second-order valence-corrected chi connectivity index (χ2v) is 7.33. The normalized spacial score (nSPS) is 10.0. The summed E-state index contributed by atoms with van der Waals surface area (Å²) in [6.45, 7) is 6.86. The lowest BCUT2D eigenvalue weighted by molar-refractivity contribution is -0.141. The van der Waals surface area contributed by atoms with E-state index in [9.17, 15) is 19.2 Å². The van der Waals surface area contributed by atoms with Crippen molar-refractivity contribution in [1.82, 2.24) is 0 Å². The molecule has 0 aliphatic rings. The van der Waals surface area contributed by atoms with Gasteiger partial charge in [0.05, 0.1) is 19.1 Å². The zero-order valence-electron chi connectivity index (χ0n) is 19.4. The summed E-state index contributed by atoms with van der Waals surface area (Å²) < 4.78 is 20.1. The fourth-order valence-corrected chi connectivity index (χ4v) is 2.91. The van der Waals surface area contributed by atoms with Crippen molar-refractivity contribution in [2.24, 2.45) is 0 Å². The van der Waals surface area contributed by atoms with E-state index >= 15 is 0 Å². The van der Waals surface area contributed by atoms with Gasteiger partial charge in [0.15, 0.2) is 0 Å². The summed E-state index contributed by atoms with van der Waals surface area (Å²) in [6, 6.07) is 19.5. The van der Waals surface area contributed by atoms with Crippen LogP contribution in [0.2, 0.25) is 0 Å². The molecule has 0 heterocycles. The van der Waals surface area contributed by atoms with Crippen molar-refractivity contribution >= 4 is 23.9 Å². The summed E-state index contributed by atoms with van der Waals surface area (Å²) in [5, 5.41) is 0. The zero-order chi connectivity index (χ0) is 26.1. The third-order valence-electron chi connectivity index (χ3n) is 4.81. The summed E-state index contributed by atoms with van der Waals surface area (Å²) in [7, 11) is 1.22. The second kappa shape index (κ2) is 11.9. The molecule has 0 aliphatic heterocycles.